The molecule has 0 aromatic heterocycles. The van der Waals surface area contributed by atoms with Gasteiger partial charge >= 0.3 is 5.97 Å². The zero-order valence-corrected chi connectivity index (χ0v) is 11.6. The Morgan fingerprint density at radius 2 is 2.19 bits per heavy atom. The number of carbonyl (C=O) groups is 1. The lowest BCUT2D eigenvalue weighted by Gasteiger charge is -2.15. The Hall–Kier alpha value is -0.740. The Morgan fingerprint density at radius 1 is 1.56 bits per heavy atom. The summed E-state index contributed by atoms with van der Waals surface area (Å²) < 4.78 is 5.49. The molecule has 3 nitrogen and oxygen atoms in total. The number of carbonyl (C=O) groups excluding carboxylic acids is 1. The number of rotatable bonds is 3. The third-order valence-corrected chi connectivity index (χ3v) is 3.24. The van der Waals surface area contributed by atoms with E-state index >= 15 is 0 Å². The summed E-state index contributed by atoms with van der Waals surface area (Å²) in [4.78, 5) is 11.2. The minimum Gasteiger partial charge on any atom is -0.467 e. The molecule has 0 radical (unpaired) electrons. The Bertz CT molecular complexity index is 409. The smallest absolute Gasteiger partial charge is 0.327 e. The molecule has 0 fully saturated rings. The fourth-order valence-electron chi connectivity index (χ4n) is 1.23. The summed E-state index contributed by atoms with van der Waals surface area (Å²) in [7, 11) is 1.36. The van der Waals surface area contributed by atoms with Gasteiger partial charge in [-0.05, 0) is 47.5 Å². The lowest BCUT2D eigenvalue weighted by Crippen LogP contribution is -2.27. The van der Waals surface area contributed by atoms with Crippen LogP contribution in [0, 0.1) is 6.92 Å². The van der Waals surface area contributed by atoms with Crippen molar-refractivity contribution in [3.05, 3.63) is 27.2 Å². The van der Waals surface area contributed by atoms with Crippen molar-refractivity contribution in [3.63, 3.8) is 0 Å². The maximum Gasteiger partial charge on any atom is 0.327 e. The summed E-state index contributed by atoms with van der Waals surface area (Å²) in [5.41, 5.74) is 1.75. The van der Waals surface area contributed by atoms with Gasteiger partial charge in [0.05, 0.1) is 12.8 Å². The van der Waals surface area contributed by atoms with Gasteiger partial charge in [0.2, 0.25) is 0 Å². The molecule has 1 aromatic carbocycles. The minimum atomic E-state index is -0.417. The first-order valence-corrected chi connectivity index (χ1v) is 5.92. The molecule has 1 rings (SSSR count). The number of benzene rings is 1. The molecule has 0 aliphatic carbocycles. The van der Waals surface area contributed by atoms with Crippen LogP contribution < -0.4 is 5.32 Å². The van der Waals surface area contributed by atoms with Crippen molar-refractivity contribution in [1.29, 1.82) is 0 Å². The van der Waals surface area contributed by atoms with Gasteiger partial charge in [-0.1, -0.05) is 11.6 Å². The summed E-state index contributed by atoms with van der Waals surface area (Å²) in [6.45, 7) is 3.65. The molecule has 0 aliphatic rings. The topological polar surface area (TPSA) is 38.3 Å². The molecule has 0 spiro atoms. The lowest BCUT2D eigenvalue weighted by atomic mass is 10.2. The van der Waals surface area contributed by atoms with Crippen molar-refractivity contribution in [1.82, 2.24) is 0 Å². The van der Waals surface area contributed by atoms with Crippen LogP contribution in [0.5, 0.6) is 0 Å². The van der Waals surface area contributed by atoms with Crippen molar-refractivity contribution in [2.24, 2.45) is 0 Å². The molecule has 0 saturated carbocycles. The average molecular weight is 307 g/mol. The second kappa shape index (κ2) is 5.55. The molecular formula is C11H13BrClNO2. The van der Waals surface area contributed by atoms with Gasteiger partial charge in [0.25, 0.3) is 0 Å². The SMILES string of the molecule is COC(=O)C(C)Nc1cc(Cl)c(C)cc1Br. The molecule has 0 saturated heterocycles. The van der Waals surface area contributed by atoms with E-state index in [1.54, 1.807) is 13.0 Å². The molecule has 0 amide bonds. The van der Waals surface area contributed by atoms with Gasteiger partial charge in [0.1, 0.15) is 6.04 Å². The van der Waals surface area contributed by atoms with E-state index in [1.807, 2.05) is 13.0 Å². The van der Waals surface area contributed by atoms with E-state index in [0.717, 1.165) is 15.7 Å². The van der Waals surface area contributed by atoms with Crippen LogP contribution in [0.1, 0.15) is 12.5 Å². The molecular weight excluding hydrogens is 293 g/mol. The second-order valence-electron chi connectivity index (χ2n) is 3.47. The first-order valence-electron chi connectivity index (χ1n) is 4.75. The molecule has 16 heavy (non-hydrogen) atoms. The maximum absolute atomic E-state index is 11.2. The molecule has 1 aromatic rings. The number of methoxy groups -OCH3 is 1. The molecule has 88 valence electrons. The second-order valence-corrected chi connectivity index (χ2v) is 4.73. The first kappa shape index (κ1) is 13.3. The van der Waals surface area contributed by atoms with Crippen LogP contribution in [0.2, 0.25) is 5.02 Å². The molecule has 1 N–H and O–H groups in total. The summed E-state index contributed by atoms with van der Waals surface area (Å²) in [6.07, 6.45) is 0. The predicted molar refractivity (Wildman–Crippen MR) is 69.0 cm³/mol. The lowest BCUT2D eigenvalue weighted by molar-refractivity contribution is -0.141. The van der Waals surface area contributed by atoms with E-state index in [2.05, 4.69) is 26.0 Å². The number of aryl methyl sites for hydroxylation is 1. The fourth-order valence-corrected chi connectivity index (χ4v) is 1.96. The van der Waals surface area contributed by atoms with Crippen molar-refractivity contribution in [3.8, 4) is 0 Å². The number of hydrogen-bond acceptors (Lipinski definition) is 3. The summed E-state index contributed by atoms with van der Waals surface area (Å²) in [5.74, 6) is -0.316. The molecule has 0 aliphatic heterocycles. The molecule has 5 heteroatoms. The van der Waals surface area contributed by atoms with Gasteiger partial charge < -0.3 is 10.1 Å². The van der Waals surface area contributed by atoms with Crippen LogP contribution in [0.25, 0.3) is 0 Å². The highest BCUT2D eigenvalue weighted by atomic mass is 79.9. The van der Waals surface area contributed by atoms with E-state index < -0.39 is 6.04 Å². The number of nitrogens with one attached hydrogen (secondary N) is 1. The van der Waals surface area contributed by atoms with E-state index in [0.29, 0.717) is 5.02 Å². The number of halogens is 2. The predicted octanol–water partition coefficient (Wildman–Crippen LogP) is 3.38. The normalized spacial score (nSPS) is 12.1. The summed E-state index contributed by atoms with van der Waals surface area (Å²) in [6, 6.07) is 3.26. The highest BCUT2D eigenvalue weighted by molar-refractivity contribution is 9.10. The van der Waals surface area contributed by atoms with Gasteiger partial charge in [-0.3, -0.25) is 0 Å². The zero-order chi connectivity index (χ0) is 12.3. The van der Waals surface area contributed by atoms with E-state index in [-0.39, 0.29) is 5.97 Å². The third-order valence-electron chi connectivity index (χ3n) is 2.18. The van der Waals surface area contributed by atoms with Crippen LogP contribution >= 0.6 is 27.5 Å². The van der Waals surface area contributed by atoms with Crippen LogP contribution in [0.3, 0.4) is 0 Å². The number of anilines is 1. The molecule has 0 bridgehead atoms. The highest BCUT2D eigenvalue weighted by Gasteiger charge is 2.14. The Kier molecular flexibility index (Phi) is 4.62. The third kappa shape index (κ3) is 3.12. The molecule has 0 heterocycles. The maximum atomic E-state index is 11.2. The van der Waals surface area contributed by atoms with Gasteiger partial charge in [-0.15, -0.1) is 0 Å². The molecule has 1 atom stereocenters. The Balaban J connectivity index is 2.89. The van der Waals surface area contributed by atoms with Gasteiger partial charge in [0, 0.05) is 9.50 Å². The van der Waals surface area contributed by atoms with Crippen molar-refractivity contribution in [2.75, 3.05) is 12.4 Å². The van der Waals surface area contributed by atoms with Crippen molar-refractivity contribution >= 4 is 39.2 Å². The van der Waals surface area contributed by atoms with Crippen molar-refractivity contribution in [2.45, 2.75) is 19.9 Å². The van der Waals surface area contributed by atoms with Crippen LogP contribution in [-0.2, 0) is 9.53 Å². The van der Waals surface area contributed by atoms with Crippen LogP contribution in [-0.4, -0.2) is 19.1 Å². The van der Waals surface area contributed by atoms with Gasteiger partial charge in [0.15, 0.2) is 0 Å². The highest BCUT2D eigenvalue weighted by Crippen LogP contribution is 2.29. The molecule has 1 unspecified atom stereocenters. The standard InChI is InChI=1S/C11H13BrClNO2/c1-6-4-8(12)10(5-9(6)13)14-7(2)11(15)16-3/h4-5,7,14H,1-3H3. The Labute approximate surface area is 108 Å². The number of ether oxygens (including phenoxy) is 1. The summed E-state index contributed by atoms with van der Waals surface area (Å²) >= 11 is 9.41. The summed E-state index contributed by atoms with van der Waals surface area (Å²) in [5, 5.41) is 3.68. The fraction of sp³-hybridized carbons (Fsp3) is 0.364. The van der Waals surface area contributed by atoms with E-state index in [4.69, 9.17) is 11.6 Å². The quantitative estimate of drug-likeness (QED) is 0.870. The average Bonchev–Trinajstić information content (AvgIpc) is 2.24. The van der Waals surface area contributed by atoms with Gasteiger partial charge in [-0.25, -0.2) is 4.79 Å². The van der Waals surface area contributed by atoms with E-state index in [1.165, 1.54) is 7.11 Å². The van der Waals surface area contributed by atoms with Gasteiger partial charge in [-0.2, -0.15) is 0 Å². The zero-order valence-electron chi connectivity index (χ0n) is 9.30. The van der Waals surface area contributed by atoms with Crippen molar-refractivity contribution < 1.29 is 9.53 Å². The van der Waals surface area contributed by atoms with E-state index in [9.17, 15) is 4.79 Å². The monoisotopic (exact) mass is 305 g/mol. The number of esters is 1. The van der Waals surface area contributed by atoms with Crippen LogP contribution in [0.4, 0.5) is 5.69 Å². The first-order chi connectivity index (χ1) is 7.45. The Morgan fingerprint density at radius 3 is 2.75 bits per heavy atom. The largest absolute Gasteiger partial charge is 0.467 e. The van der Waals surface area contributed by atoms with Crippen LogP contribution in [0.15, 0.2) is 16.6 Å². The minimum absolute atomic E-state index is 0.316. The number of hydrogen-bond donors (Lipinski definition) is 1.